The molecule has 0 radical (unpaired) electrons. The maximum Gasteiger partial charge on any atom is 0.231 e. The summed E-state index contributed by atoms with van der Waals surface area (Å²) in [7, 11) is 0. The normalized spacial score (nSPS) is 13.3. The Morgan fingerprint density at radius 3 is 2.71 bits per heavy atom. The molecule has 6 nitrogen and oxygen atoms in total. The van der Waals surface area contributed by atoms with Crippen LogP contribution < -0.4 is 9.47 Å². The van der Waals surface area contributed by atoms with Gasteiger partial charge >= 0.3 is 0 Å². The maximum absolute atomic E-state index is 9.21. The van der Waals surface area contributed by atoms with Gasteiger partial charge in [0, 0.05) is 23.5 Å². The van der Waals surface area contributed by atoms with Crippen LogP contribution in [0.2, 0.25) is 0 Å². The summed E-state index contributed by atoms with van der Waals surface area (Å²) in [6.45, 7) is 1.97. The molecule has 1 aliphatic heterocycles. The molecule has 1 N–H and O–H groups in total. The predicted molar refractivity (Wildman–Crippen MR) is 90.9 cm³/mol. The van der Waals surface area contributed by atoms with Gasteiger partial charge in [0.25, 0.3) is 0 Å². The molecule has 1 aliphatic rings. The summed E-state index contributed by atoms with van der Waals surface area (Å²) < 4.78 is 10.8. The molecule has 0 amide bonds. The first-order chi connectivity index (χ1) is 11.8. The largest absolute Gasteiger partial charge is 0.454 e. The first kappa shape index (κ1) is 14.6. The zero-order chi connectivity index (χ0) is 16.5. The number of fused-ring (bicyclic) bond motifs is 1. The van der Waals surface area contributed by atoms with Crippen molar-refractivity contribution in [3.63, 3.8) is 0 Å². The molecular formula is C17H13N3O3S. The second-order valence-corrected chi connectivity index (χ2v) is 6.19. The number of rotatable bonds is 3. The highest BCUT2D eigenvalue weighted by Gasteiger charge is 2.20. The number of oxime groups is 1. The number of hydrogen-bond donors (Lipinski definition) is 1. The number of aromatic nitrogens is 2. The van der Waals surface area contributed by atoms with E-state index in [4.69, 9.17) is 14.5 Å². The lowest BCUT2D eigenvalue weighted by Gasteiger charge is -2.03. The Bertz CT molecular complexity index is 922. The number of nitrogens with zero attached hydrogens (tertiary/aromatic N) is 3. The number of hydrogen-bond acceptors (Lipinski definition) is 7. The van der Waals surface area contributed by atoms with E-state index in [0.29, 0.717) is 11.5 Å². The van der Waals surface area contributed by atoms with Crippen molar-refractivity contribution in [3.05, 3.63) is 47.6 Å². The van der Waals surface area contributed by atoms with Crippen molar-refractivity contribution in [1.82, 2.24) is 9.97 Å². The molecule has 4 rings (SSSR count). The summed E-state index contributed by atoms with van der Waals surface area (Å²) >= 11 is 1.47. The lowest BCUT2D eigenvalue weighted by atomic mass is 10.1. The molecule has 2 aromatic heterocycles. The van der Waals surface area contributed by atoms with Crippen LogP contribution in [0.3, 0.4) is 0 Å². The summed E-state index contributed by atoms with van der Waals surface area (Å²) in [6, 6.07) is 9.47. The van der Waals surface area contributed by atoms with Crippen molar-refractivity contribution in [1.29, 1.82) is 0 Å². The van der Waals surface area contributed by atoms with Crippen molar-refractivity contribution in [2.75, 3.05) is 6.79 Å². The Labute approximate surface area is 142 Å². The van der Waals surface area contributed by atoms with Crippen LogP contribution in [0.1, 0.15) is 11.8 Å². The fourth-order valence-corrected chi connectivity index (χ4v) is 3.50. The lowest BCUT2D eigenvalue weighted by molar-refractivity contribution is 0.174. The third-order valence-corrected chi connectivity index (χ3v) is 4.89. The molecule has 3 heterocycles. The van der Waals surface area contributed by atoms with Crippen LogP contribution in [-0.4, -0.2) is 27.7 Å². The van der Waals surface area contributed by atoms with Gasteiger partial charge in [-0.25, -0.2) is 4.98 Å². The molecule has 7 heteroatoms. The first-order valence-electron chi connectivity index (χ1n) is 7.26. The van der Waals surface area contributed by atoms with Gasteiger partial charge in [0.15, 0.2) is 11.5 Å². The van der Waals surface area contributed by atoms with E-state index in [-0.39, 0.29) is 6.79 Å². The summed E-state index contributed by atoms with van der Waals surface area (Å²) in [5.41, 5.74) is 3.11. The van der Waals surface area contributed by atoms with Gasteiger partial charge in [0.1, 0.15) is 5.01 Å². The number of benzene rings is 1. The van der Waals surface area contributed by atoms with E-state index < -0.39 is 0 Å². The summed E-state index contributed by atoms with van der Waals surface area (Å²) in [6.07, 6.45) is 3.45. The van der Waals surface area contributed by atoms with Gasteiger partial charge in [-0.05, 0) is 37.3 Å². The predicted octanol–water partition coefficient (Wildman–Crippen LogP) is 3.80. The molecule has 120 valence electrons. The Kier molecular flexibility index (Phi) is 3.62. The summed E-state index contributed by atoms with van der Waals surface area (Å²) in [5, 5.41) is 13.4. The highest BCUT2D eigenvalue weighted by molar-refractivity contribution is 7.17. The zero-order valence-corrected chi connectivity index (χ0v) is 13.6. The molecule has 0 saturated carbocycles. The number of pyridine rings is 1. The van der Waals surface area contributed by atoms with E-state index in [1.165, 1.54) is 11.3 Å². The van der Waals surface area contributed by atoms with Crippen LogP contribution in [0.5, 0.6) is 11.5 Å². The van der Waals surface area contributed by atoms with Crippen molar-refractivity contribution in [2.24, 2.45) is 5.16 Å². The van der Waals surface area contributed by atoms with Crippen LogP contribution >= 0.6 is 11.3 Å². The van der Waals surface area contributed by atoms with Gasteiger partial charge in [-0.1, -0.05) is 5.16 Å². The van der Waals surface area contributed by atoms with Crippen molar-refractivity contribution in [3.8, 4) is 33.3 Å². The smallest absolute Gasteiger partial charge is 0.231 e. The van der Waals surface area contributed by atoms with Crippen LogP contribution in [0.25, 0.3) is 21.8 Å². The lowest BCUT2D eigenvalue weighted by Crippen LogP contribution is -1.94. The Morgan fingerprint density at radius 1 is 1.12 bits per heavy atom. The van der Waals surface area contributed by atoms with Gasteiger partial charge in [0.2, 0.25) is 6.79 Å². The Hall–Kier alpha value is -2.93. The van der Waals surface area contributed by atoms with E-state index in [9.17, 15) is 5.21 Å². The highest BCUT2D eigenvalue weighted by Crippen LogP contribution is 2.39. The number of ether oxygens (including phenoxy) is 2. The van der Waals surface area contributed by atoms with Crippen molar-refractivity contribution < 1.29 is 14.7 Å². The van der Waals surface area contributed by atoms with Crippen LogP contribution in [-0.2, 0) is 0 Å². The minimum Gasteiger partial charge on any atom is -0.454 e. The zero-order valence-electron chi connectivity index (χ0n) is 12.8. The molecule has 0 aliphatic carbocycles. The van der Waals surface area contributed by atoms with Crippen LogP contribution in [0.15, 0.2) is 47.9 Å². The molecule has 3 aromatic rings. The van der Waals surface area contributed by atoms with Crippen molar-refractivity contribution >= 4 is 17.0 Å². The Morgan fingerprint density at radius 2 is 1.92 bits per heavy atom. The van der Waals surface area contributed by atoms with Crippen molar-refractivity contribution in [2.45, 2.75) is 6.92 Å². The molecule has 0 saturated heterocycles. The average molecular weight is 339 g/mol. The van der Waals surface area contributed by atoms with Gasteiger partial charge in [-0.2, -0.15) is 0 Å². The van der Waals surface area contributed by atoms with Crippen LogP contribution in [0, 0.1) is 0 Å². The maximum atomic E-state index is 9.21. The quantitative estimate of drug-likeness (QED) is 0.446. The molecular weight excluding hydrogens is 326 g/mol. The highest BCUT2D eigenvalue weighted by atomic mass is 32.1. The minimum absolute atomic E-state index is 0.224. The summed E-state index contributed by atoms with van der Waals surface area (Å²) in [5.74, 6) is 1.41. The molecule has 0 fully saturated rings. The van der Waals surface area contributed by atoms with Gasteiger partial charge in [-0.3, -0.25) is 4.98 Å². The van der Waals surface area contributed by atoms with E-state index in [0.717, 1.165) is 32.5 Å². The van der Waals surface area contributed by atoms with E-state index >= 15 is 0 Å². The fraction of sp³-hybridized carbons (Fsp3) is 0.118. The first-order valence-corrected chi connectivity index (χ1v) is 8.08. The van der Waals surface area contributed by atoms with E-state index in [2.05, 4.69) is 10.1 Å². The minimum atomic E-state index is 0.224. The molecule has 1 aromatic carbocycles. The summed E-state index contributed by atoms with van der Waals surface area (Å²) in [4.78, 5) is 9.59. The van der Waals surface area contributed by atoms with E-state index in [1.54, 1.807) is 19.3 Å². The Balaban J connectivity index is 1.86. The number of thiazole rings is 1. The van der Waals surface area contributed by atoms with Gasteiger partial charge in [-0.15, -0.1) is 11.3 Å². The average Bonchev–Trinajstić information content (AvgIpc) is 3.28. The standard InChI is InChI=1S/C17H13N3O3S/c1-10(20-21)16-15(12-2-3-13-14(8-12)23-9-22-13)19-17(24-16)11-4-6-18-7-5-11/h2-8,21H,9H2,1H3/b20-10+. The second kappa shape index (κ2) is 5.93. The van der Waals surface area contributed by atoms with E-state index in [1.807, 2.05) is 30.3 Å². The topological polar surface area (TPSA) is 76.8 Å². The SMILES string of the molecule is C/C(=N\O)c1sc(-c2ccncc2)nc1-c1ccc2c(c1)OCO2. The molecule has 0 bridgehead atoms. The monoisotopic (exact) mass is 339 g/mol. The second-order valence-electron chi connectivity index (χ2n) is 5.19. The molecule has 24 heavy (non-hydrogen) atoms. The fourth-order valence-electron chi connectivity index (χ4n) is 2.47. The molecule has 0 atom stereocenters. The van der Waals surface area contributed by atoms with Crippen LogP contribution in [0.4, 0.5) is 0 Å². The third kappa shape index (κ3) is 2.48. The third-order valence-electron chi connectivity index (χ3n) is 3.68. The van der Waals surface area contributed by atoms with Gasteiger partial charge < -0.3 is 14.7 Å². The van der Waals surface area contributed by atoms with Gasteiger partial charge in [0.05, 0.1) is 16.3 Å². The molecule has 0 unspecified atom stereocenters. The molecule has 0 spiro atoms.